The molecule has 3 fully saturated rings. The molecule has 3 saturated carbocycles. The monoisotopic (exact) mass is 579 g/mol. The lowest BCUT2D eigenvalue weighted by Crippen LogP contribution is -2.30. The molecule has 0 aromatic heterocycles. The quantitative estimate of drug-likeness (QED) is 0.273. The van der Waals surface area contributed by atoms with Crippen molar-refractivity contribution in [1.29, 1.82) is 0 Å². The van der Waals surface area contributed by atoms with E-state index in [1.165, 1.54) is 0 Å². The predicted octanol–water partition coefficient (Wildman–Crippen LogP) is 8.89. The van der Waals surface area contributed by atoms with E-state index in [1.807, 2.05) is 18.2 Å². The largest absolute Gasteiger partial charge is 0.326 e. The van der Waals surface area contributed by atoms with Crippen molar-refractivity contribution in [1.82, 2.24) is 0 Å². The summed E-state index contributed by atoms with van der Waals surface area (Å²) in [5.41, 5.74) is 1.89. The molecule has 3 N–H and O–H groups in total. The van der Waals surface area contributed by atoms with E-state index in [1.54, 1.807) is 0 Å². The number of hydrogen-bond donors (Lipinski definition) is 3. The van der Waals surface area contributed by atoms with Crippen LogP contribution in [0, 0.1) is 53.3 Å². The zero-order valence-corrected chi connectivity index (χ0v) is 27.1. The Hall–Kier alpha value is -2.37. The lowest BCUT2D eigenvalue weighted by molar-refractivity contribution is -0.121. The minimum atomic E-state index is 0.00331. The number of anilines is 3. The molecule has 234 valence electrons. The third-order valence-corrected chi connectivity index (χ3v) is 11.0. The summed E-state index contributed by atoms with van der Waals surface area (Å²) in [6, 6.07) is 5.54. The van der Waals surface area contributed by atoms with Gasteiger partial charge in [0, 0.05) is 34.8 Å². The van der Waals surface area contributed by atoms with E-state index in [9.17, 15) is 14.4 Å². The van der Waals surface area contributed by atoms with Gasteiger partial charge in [0.2, 0.25) is 17.7 Å². The van der Waals surface area contributed by atoms with Crippen molar-refractivity contribution >= 4 is 34.8 Å². The molecule has 6 heteroatoms. The van der Waals surface area contributed by atoms with Gasteiger partial charge in [-0.25, -0.2) is 0 Å². The molecule has 0 saturated heterocycles. The van der Waals surface area contributed by atoms with E-state index in [2.05, 4.69) is 57.5 Å². The summed E-state index contributed by atoms with van der Waals surface area (Å²) >= 11 is 0. The number of carbonyl (C=O) groups is 3. The van der Waals surface area contributed by atoms with Gasteiger partial charge in [0.05, 0.1) is 0 Å². The Morgan fingerprint density at radius 3 is 0.857 bits per heavy atom. The molecule has 0 aliphatic heterocycles. The van der Waals surface area contributed by atoms with Crippen LogP contribution in [-0.4, -0.2) is 17.7 Å². The van der Waals surface area contributed by atoms with Gasteiger partial charge in [-0.05, 0) is 131 Å². The maximum atomic E-state index is 13.3. The van der Waals surface area contributed by atoms with Crippen LogP contribution in [0.25, 0.3) is 0 Å². The first-order valence-electron chi connectivity index (χ1n) is 17.1. The number of nitrogens with one attached hydrogen (secondary N) is 3. The third kappa shape index (κ3) is 8.83. The zero-order valence-electron chi connectivity index (χ0n) is 27.1. The van der Waals surface area contributed by atoms with E-state index in [0.29, 0.717) is 52.6 Å². The van der Waals surface area contributed by atoms with E-state index in [0.717, 1.165) is 77.0 Å². The van der Waals surface area contributed by atoms with Gasteiger partial charge in [-0.2, -0.15) is 0 Å². The van der Waals surface area contributed by atoms with Crippen molar-refractivity contribution in [3.05, 3.63) is 18.2 Å². The number of amides is 3. The van der Waals surface area contributed by atoms with Gasteiger partial charge in [0.25, 0.3) is 0 Å². The highest BCUT2D eigenvalue weighted by Crippen LogP contribution is 2.37. The Kier molecular flexibility index (Phi) is 11.5. The number of carbonyl (C=O) groups excluding carboxylic acids is 3. The molecule has 3 aliphatic carbocycles. The lowest BCUT2D eigenvalue weighted by Gasteiger charge is -2.31. The van der Waals surface area contributed by atoms with Crippen LogP contribution < -0.4 is 16.0 Å². The highest BCUT2D eigenvalue weighted by molar-refractivity contribution is 5.99. The van der Waals surface area contributed by atoms with Gasteiger partial charge in [-0.3, -0.25) is 14.4 Å². The van der Waals surface area contributed by atoms with Crippen molar-refractivity contribution in [3.8, 4) is 0 Å². The minimum absolute atomic E-state index is 0.00331. The van der Waals surface area contributed by atoms with Crippen LogP contribution in [0.4, 0.5) is 17.1 Å². The smallest absolute Gasteiger partial charge is 0.227 e. The average molecular weight is 580 g/mol. The van der Waals surface area contributed by atoms with Crippen molar-refractivity contribution in [2.75, 3.05) is 16.0 Å². The SMILES string of the molecule is CC(C)[C@H]1CC[C@@H](C(=O)Nc2cc(NC(=O)[C@H]3CC[C@@H](C(C)C)CC3)cc(NC(=O)[C@H]3CC[C@H](C(C)C)CC3)c2)CC1. The zero-order chi connectivity index (χ0) is 30.4. The average Bonchev–Trinajstić information content (AvgIpc) is 2.97. The summed E-state index contributed by atoms with van der Waals surface area (Å²) in [4.78, 5) is 39.9. The van der Waals surface area contributed by atoms with Crippen LogP contribution in [0.1, 0.15) is 119 Å². The highest BCUT2D eigenvalue weighted by Gasteiger charge is 2.30. The lowest BCUT2D eigenvalue weighted by atomic mass is 9.76. The van der Waals surface area contributed by atoms with Crippen molar-refractivity contribution < 1.29 is 14.4 Å². The fourth-order valence-corrected chi connectivity index (χ4v) is 7.72. The fourth-order valence-electron chi connectivity index (χ4n) is 7.72. The molecule has 3 aliphatic rings. The molecule has 42 heavy (non-hydrogen) atoms. The molecule has 0 heterocycles. The van der Waals surface area contributed by atoms with Crippen LogP contribution in [0.3, 0.4) is 0 Å². The second kappa shape index (κ2) is 14.9. The summed E-state index contributed by atoms with van der Waals surface area (Å²) in [6.45, 7) is 13.6. The summed E-state index contributed by atoms with van der Waals surface area (Å²) in [7, 11) is 0. The minimum Gasteiger partial charge on any atom is -0.326 e. The second-order valence-corrected chi connectivity index (χ2v) is 14.8. The fraction of sp³-hybridized carbons (Fsp3) is 0.750. The highest BCUT2D eigenvalue weighted by atomic mass is 16.2. The Morgan fingerprint density at radius 1 is 0.452 bits per heavy atom. The third-order valence-electron chi connectivity index (χ3n) is 11.0. The van der Waals surface area contributed by atoms with Gasteiger partial charge in [-0.15, -0.1) is 0 Å². The molecule has 0 atom stereocenters. The van der Waals surface area contributed by atoms with Gasteiger partial charge in [0.1, 0.15) is 0 Å². The van der Waals surface area contributed by atoms with Gasteiger partial charge in [-0.1, -0.05) is 41.5 Å². The van der Waals surface area contributed by atoms with Crippen LogP contribution in [0.5, 0.6) is 0 Å². The molecule has 0 radical (unpaired) electrons. The maximum absolute atomic E-state index is 13.3. The van der Waals surface area contributed by atoms with Crippen molar-refractivity contribution in [3.63, 3.8) is 0 Å². The van der Waals surface area contributed by atoms with Crippen LogP contribution in [0.15, 0.2) is 18.2 Å². The summed E-state index contributed by atoms with van der Waals surface area (Å²) in [6.07, 6.45) is 12.0. The Balaban J connectivity index is 1.44. The standard InChI is InChI=1S/C36H57N3O3/c1-22(2)25-7-13-28(14-8-25)34(40)37-31-19-32(38-35(41)29-15-9-26(10-16-29)23(3)4)21-33(20-31)39-36(42)30-17-11-27(12-18-30)24(5)6/h19-30H,7-18H2,1-6H3,(H,37,40)(H,38,41)(H,39,42)/t25-,26-,27-,28-,29+,30+. The molecule has 0 bridgehead atoms. The Labute approximate surface area is 254 Å². The first-order chi connectivity index (χ1) is 20.0. The molecule has 1 aromatic carbocycles. The Bertz CT molecular complexity index is 911. The van der Waals surface area contributed by atoms with Crippen LogP contribution in [-0.2, 0) is 14.4 Å². The van der Waals surface area contributed by atoms with E-state index < -0.39 is 0 Å². The molecule has 0 spiro atoms. The first kappa shape index (κ1) is 32.5. The number of hydrogen-bond acceptors (Lipinski definition) is 3. The molecule has 1 aromatic rings. The molecule has 6 nitrogen and oxygen atoms in total. The summed E-state index contributed by atoms with van der Waals surface area (Å²) in [5.74, 6) is 4.17. The Morgan fingerprint density at radius 2 is 0.667 bits per heavy atom. The van der Waals surface area contributed by atoms with Gasteiger partial charge >= 0.3 is 0 Å². The molecule has 4 rings (SSSR count). The molecular weight excluding hydrogens is 522 g/mol. The van der Waals surface area contributed by atoms with Crippen LogP contribution >= 0.6 is 0 Å². The van der Waals surface area contributed by atoms with E-state index >= 15 is 0 Å². The summed E-state index contributed by atoms with van der Waals surface area (Å²) in [5, 5.41) is 9.41. The molecule has 0 unspecified atom stereocenters. The normalized spacial score (nSPS) is 28.5. The number of rotatable bonds is 9. The molecular formula is C36H57N3O3. The van der Waals surface area contributed by atoms with Crippen LogP contribution in [0.2, 0.25) is 0 Å². The number of benzene rings is 1. The predicted molar refractivity (Wildman–Crippen MR) is 173 cm³/mol. The maximum Gasteiger partial charge on any atom is 0.227 e. The van der Waals surface area contributed by atoms with E-state index in [-0.39, 0.29) is 35.5 Å². The van der Waals surface area contributed by atoms with Crippen molar-refractivity contribution in [2.24, 2.45) is 53.3 Å². The van der Waals surface area contributed by atoms with Gasteiger partial charge in [0.15, 0.2) is 0 Å². The topological polar surface area (TPSA) is 87.3 Å². The molecule has 3 amide bonds. The summed E-state index contributed by atoms with van der Waals surface area (Å²) < 4.78 is 0. The van der Waals surface area contributed by atoms with Gasteiger partial charge < -0.3 is 16.0 Å². The second-order valence-electron chi connectivity index (χ2n) is 14.8. The van der Waals surface area contributed by atoms with Crippen molar-refractivity contribution in [2.45, 2.75) is 119 Å². The van der Waals surface area contributed by atoms with E-state index in [4.69, 9.17) is 0 Å². The first-order valence-corrected chi connectivity index (χ1v) is 17.1.